The minimum atomic E-state index is -0.273. The molecule has 1 aliphatic heterocycles. The Bertz CT molecular complexity index is 1140. The largest absolute Gasteiger partial charge is 0.398 e. The SMILES string of the molecule is N=Cc1cc2c(cc1N)c(C1CC(C=O)C1)c(C1CCOCC1)n2-c1ccc(F)cc1. The van der Waals surface area contributed by atoms with E-state index in [1.54, 1.807) is 12.1 Å². The maximum atomic E-state index is 13.7. The first-order chi connectivity index (χ1) is 15.1. The van der Waals surface area contributed by atoms with Crippen molar-refractivity contribution in [3.05, 3.63) is 59.0 Å². The lowest BCUT2D eigenvalue weighted by Gasteiger charge is -2.34. The number of anilines is 1. The molecule has 5 rings (SSSR count). The number of hydrogen-bond acceptors (Lipinski definition) is 4. The van der Waals surface area contributed by atoms with Crippen LogP contribution in [-0.4, -0.2) is 30.3 Å². The van der Waals surface area contributed by atoms with Crippen molar-refractivity contribution in [3.8, 4) is 5.69 Å². The second-order valence-electron chi connectivity index (χ2n) is 8.70. The third-order valence-electron chi connectivity index (χ3n) is 6.87. The Hall–Kier alpha value is -2.99. The number of carbonyl (C=O) groups is 1. The quantitative estimate of drug-likeness (QED) is 0.349. The van der Waals surface area contributed by atoms with Gasteiger partial charge in [-0.3, -0.25) is 0 Å². The Balaban J connectivity index is 1.81. The van der Waals surface area contributed by atoms with Gasteiger partial charge in [0.25, 0.3) is 0 Å². The summed E-state index contributed by atoms with van der Waals surface area (Å²) in [6, 6.07) is 10.5. The molecular weight excluding hydrogens is 393 g/mol. The number of halogens is 1. The zero-order valence-corrected chi connectivity index (χ0v) is 17.3. The molecule has 5 nitrogen and oxygen atoms in total. The molecule has 0 unspecified atom stereocenters. The summed E-state index contributed by atoms with van der Waals surface area (Å²) in [5.74, 6) is 0.434. The summed E-state index contributed by atoms with van der Waals surface area (Å²) in [6.45, 7) is 1.43. The van der Waals surface area contributed by atoms with E-state index in [0.29, 0.717) is 36.3 Å². The van der Waals surface area contributed by atoms with Gasteiger partial charge >= 0.3 is 0 Å². The minimum Gasteiger partial charge on any atom is -0.398 e. The van der Waals surface area contributed by atoms with E-state index in [-0.39, 0.29) is 11.7 Å². The topological polar surface area (TPSA) is 81.1 Å². The molecule has 0 spiro atoms. The van der Waals surface area contributed by atoms with Crippen LogP contribution in [-0.2, 0) is 9.53 Å². The molecule has 0 amide bonds. The van der Waals surface area contributed by atoms with E-state index in [1.807, 2.05) is 12.1 Å². The second-order valence-corrected chi connectivity index (χ2v) is 8.70. The third-order valence-corrected chi connectivity index (χ3v) is 6.87. The average Bonchev–Trinajstić information content (AvgIpc) is 3.07. The molecule has 0 radical (unpaired) electrons. The van der Waals surface area contributed by atoms with Crippen molar-refractivity contribution in [2.45, 2.75) is 37.5 Å². The number of nitrogens with zero attached hydrogens (tertiary/aromatic N) is 1. The van der Waals surface area contributed by atoms with Crippen LogP contribution in [0, 0.1) is 17.1 Å². The van der Waals surface area contributed by atoms with Gasteiger partial charge in [0, 0.05) is 59.3 Å². The fourth-order valence-electron chi connectivity index (χ4n) is 5.21. The van der Waals surface area contributed by atoms with Crippen molar-refractivity contribution in [1.29, 1.82) is 5.41 Å². The van der Waals surface area contributed by atoms with Crippen LogP contribution in [0.25, 0.3) is 16.6 Å². The smallest absolute Gasteiger partial charge is 0.123 e. The third kappa shape index (κ3) is 3.35. The van der Waals surface area contributed by atoms with Crippen LogP contribution in [0.5, 0.6) is 0 Å². The van der Waals surface area contributed by atoms with E-state index in [1.165, 1.54) is 29.6 Å². The number of fused-ring (bicyclic) bond motifs is 1. The average molecular weight is 420 g/mol. The van der Waals surface area contributed by atoms with Crippen LogP contribution in [0.3, 0.4) is 0 Å². The van der Waals surface area contributed by atoms with Gasteiger partial charge in [-0.2, -0.15) is 0 Å². The molecule has 6 heteroatoms. The molecular formula is C25H26FN3O2. The molecule has 2 aromatic carbocycles. The highest BCUT2D eigenvalue weighted by Crippen LogP contribution is 2.49. The van der Waals surface area contributed by atoms with E-state index in [0.717, 1.165) is 48.6 Å². The predicted molar refractivity (Wildman–Crippen MR) is 120 cm³/mol. The Morgan fingerprint density at radius 3 is 2.45 bits per heavy atom. The molecule has 3 N–H and O–H groups in total. The van der Waals surface area contributed by atoms with Gasteiger partial charge in [0.1, 0.15) is 12.1 Å². The standard InChI is InChI=1S/C25H26FN3O2/c26-19-1-3-20(4-2-19)29-23-11-18(13-27)22(28)12-21(23)24(17-9-15(10-17)14-30)25(29)16-5-7-31-8-6-16/h1-4,11-17,27H,5-10,28H2. The first-order valence-corrected chi connectivity index (χ1v) is 10.9. The molecule has 1 aromatic heterocycles. The highest BCUT2D eigenvalue weighted by Gasteiger charge is 2.37. The summed E-state index contributed by atoms with van der Waals surface area (Å²) in [7, 11) is 0. The van der Waals surface area contributed by atoms with Crippen molar-refractivity contribution in [1.82, 2.24) is 4.57 Å². The maximum Gasteiger partial charge on any atom is 0.123 e. The summed E-state index contributed by atoms with van der Waals surface area (Å²) >= 11 is 0. The highest BCUT2D eigenvalue weighted by molar-refractivity contribution is 5.98. The molecule has 3 aromatic rings. The summed E-state index contributed by atoms with van der Waals surface area (Å²) in [5, 5.41) is 8.86. The van der Waals surface area contributed by atoms with Gasteiger partial charge in [-0.05, 0) is 73.6 Å². The molecule has 1 saturated heterocycles. The summed E-state index contributed by atoms with van der Waals surface area (Å²) in [4.78, 5) is 11.3. The number of aromatic nitrogens is 1. The van der Waals surface area contributed by atoms with Crippen molar-refractivity contribution < 1.29 is 13.9 Å². The van der Waals surface area contributed by atoms with Crippen LogP contribution in [0.15, 0.2) is 36.4 Å². The fraction of sp³-hybridized carbons (Fsp3) is 0.360. The number of benzene rings is 2. The Morgan fingerprint density at radius 2 is 1.81 bits per heavy atom. The maximum absolute atomic E-state index is 13.7. The van der Waals surface area contributed by atoms with Gasteiger partial charge in [-0.1, -0.05) is 0 Å². The lowest BCUT2D eigenvalue weighted by Crippen LogP contribution is -2.25. The van der Waals surface area contributed by atoms with Gasteiger partial charge in [0.15, 0.2) is 0 Å². The first-order valence-electron chi connectivity index (χ1n) is 10.9. The number of nitrogens with one attached hydrogen (secondary N) is 1. The molecule has 160 valence electrons. The van der Waals surface area contributed by atoms with Crippen LogP contribution < -0.4 is 5.73 Å². The van der Waals surface area contributed by atoms with Crippen molar-refractivity contribution >= 4 is 29.1 Å². The Kier molecular flexibility index (Phi) is 5.10. The number of hydrogen-bond donors (Lipinski definition) is 2. The van der Waals surface area contributed by atoms with E-state index in [9.17, 15) is 9.18 Å². The Labute approximate surface area is 180 Å². The second kappa shape index (κ2) is 7.93. The monoisotopic (exact) mass is 419 g/mol. The molecule has 1 aliphatic carbocycles. The molecule has 2 fully saturated rings. The summed E-state index contributed by atoms with van der Waals surface area (Å²) in [6.07, 6.45) is 5.85. The number of aldehydes is 1. The van der Waals surface area contributed by atoms with Gasteiger partial charge < -0.3 is 25.2 Å². The molecule has 0 atom stereocenters. The molecule has 0 bridgehead atoms. The van der Waals surface area contributed by atoms with Crippen LogP contribution in [0.2, 0.25) is 0 Å². The number of nitrogens with two attached hydrogens (primary N) is 1. The normalized spacial score (nSPS) is 21.7. The molecule has 31 heavy (non-hydrogen) atoms. The van der Waals surface area contributed by atoms with E-state index in [4.69, 9.17) is 15.9 Å². The van der Waals surface area contributed by atoms with Crippen LogP contribution in [0.4, 0.5) is 10.1 Å². The summed E-state index contributed by atoms with van der Waals surface area (Å²) < 4.78 is 21.6. The van der Waals surface area contributed by atoms with Gasteiger partial charge in [0.2, 0.25) is 0 Å². The van der Waals surface area contributed by atoms with Gasteiger partial charge in [-0.25, -0.2) is 4.39 Å². The first kappa shape index (κ1) is 19.9. The van der Waals surface area contributed by atoms with E-state index >= 15 is 0 Å². The number of nitrogen functional groups attached to an aromatic ring is 1. The zero-order chi connectivity index (χ0) is 21.5. The minimum absolute atomic E-state index is 0.106. The van der Waals surface area contributed by atoms with Gasteiger partial charge in [-0.15, -0.1) is 0 Å². The Morgan fingerprint density at radius 1 is 1.10 bits per heavy atom. The predicted octanol–water partition coefficient (Wildman–Crippen LogP) is 4.94. The number of ether oxygens (including phenoxy) is 1. The van der Waals surface area contributed by atoms with Crippen molar-refractivity contribution in [3.63, 3.8) is 0 Å². The van der Waals surface area contributed by atoms with Crippen LogP contribution in [0.1, 0.15) is 54.3 Å². The molecule has 2 heterocycles. The lowest BCUT2D eigenvalue weighted by molar-refractivity contribution is -0.113. The lowest BCUT2D eigenvalue weighted by atomic mass is 9.70. The number of carbonyl (C=O) groups excluding carboxylic acids is 1. The zero-order valence-electron chi connectivity index (χ0n) is 17.3. The van der Waals surface area contributed by atoms with E-state index in [2.05, 4.69) is 4.57 Å². The van der Waals surface area contributed by atoms with Gasteiger partial charge in [0.05, 0.1) is 5.52 Å². The number of rotatable bonds is 5. The van der Waals surface area contributed by atoms with Crippen molar-refractivity contribution in [2.24, 2.45) is 5.92 Å². The fourth-order valence-corrected chi connectivity index (χ4v) is 5.21. The van der Waals surface area contributed by atoms with Crippen molar-refractivity contribution in [2.75, 3.05) is 18.9 Å². The van der Waals surface area contributed by atoms with Crippen LogP contribution >= 0.6 is 0 Å². The van der Waals surface area contributed by atoms with E-state index < -0.39 is 0 Å². The summed E-state index contributed by atoms with van der Waals surface area (Å²) in [5.41, 5.74) is 11.9. The molecule has 2 aliphatic rings. The highest BCUT2D eigenvalue weighted by atomic mass is 19.1. The molecule has 1 saturated carbocycles.